The van der Waals surface area contributed by atoms with E-state index in [-0.39, 0.29) is 17.4 Å². The molecule has 7 heteroatoms. The smallest absolute Gasteiger partial charge is 0.253 e. The summed E-state index contributed by atoms with van der Waals surface area (Å²) >= 11 is 0. The van der Waals surface area contributed by atoms with E-state index in [1.54, 1.807) is 12.5 Å². The number of benzene rings is 1. The molecule has 1 unspecified atom stereocenters. The third-order valence-electron chi connectivity index (χ3n) is 6.97. The van der Waals surface area contributed by atoms with Crippen molar-refractivity contribution >= 4 is 16.8 Å². The van der Waals surface area contributed by atoms with Crippen LogP contribution in [0.25, 0.3) is 10.9 Å². The van der Waals surface area contributed by atoms with Crippen LogP contribution in [0.5, 0.6) is 0 Å². The Kier molecular flexibility index (Phi) is 5.24. The first kappa shape index (κ1) is 20.2. The van der Waals surface area contributed by atoms with E-state index < -0.39 is 0 Å². The van der Waals surface area contributed by atoms with Gasteiger partial charge in [-0.05, 0) is 55.9 Å². The minimum absolute atomic E-state index is 0.0615. The zero-order valence-electron chi connectivity index (χ0n) is 17.9. The number of piperidine rings is 2. The van der Waals surface area contributed by atoms with Crippen molar-refractivity contribution in [2.45, 2.75) is 38.8 Å². The number of rotatable bonds is 3. The molecule has 2 saturated heterocycles. The molecule has 2 aliphatic rings. The van der Waals surface area contributed by atoms with Gasteiger partial charge in [0.1, 0.15) is 0 Å². The Morgan fingerprint density at radius 3 is 2.87 bits per heavy atom. The van der Waals surface area contributed by atoms with Gasteiger partial charge in [0, 0.05) is 55.6 Å². The molecule has 5 rings (SSSR count). The number of H-pyrrole nitrogens is 1. The molecule has 0 aliphatic carbocycles. The monoisotopic (exact) mass is 419 g/mol. The average Bonchev–Trinajstić information content (AvgIpc) is 3.17. The number of aryl methyl sites for hydroxylation is 1. The molecule has 162 valence electrons. The second kappa shape index (κ2) is 8.05. The van der Waals surface area contributed by atoms with Gasteiger partial charge < -0.3 is 15.0 Å². The van der Waals surface area contributed by atoms with E-state index in [1.165, 1.54) is 0 Å². The maximum absolute atomic E-state index is 13.1. The van der Waals surface area contributed by atoms with Crippen molar-refractivity contribution in [1.29, 1.82) is 0 Å². The first-order valence-electron chi connectivity index (χ1n) is 11.0. The first-order chi connectivity index (χ1) is 15.0. The molecule has 4 heterocycles. The summed E-state index contributed by atoms with van der Waals surface area (Å²) in [7, 11) is 0. The lowest BCUT2D eigenvalue weighted by atomic mass is 9.71. The summed E-state index contributed by atoms with van der Waals surface area (Å²) in [4.78, 5) is 29.3. The largest absolute Gasteiger partial charge is 0.392 e. The van der Waals surface area contributed by atoms with Crippen LogP contribution >= 0.6 is 0 Å². The topological polar surface area (TPSA) is 85.4 Å². The van der Waals surface area contributed by atoms with Gasteiger partial charge in [-0.15, -0.1) is 0 Å². The Balaban J connectivity index is 1.26. The van der Waals surface area contributed by atoms with Crippen molar-refractivity contribution in [2.75, 3.05) is 26.2 Å². The molecule has 1 amide bonds. The van der Waals surface area contributed by atoms with Crippen molar-refractivity contribution in [1.82, 2.24) is 24.8 Å². The molecule has 0 radical (unpaired) electrons. The molecule has 3 aromatic rings. The number of nitrogens with one attached hydrogen (secondary N) is 1. The number of aliphatic hydroxyl groups is 1. The summed E-state index contributed by atoms with van der Waals surface area (Å²) in [5.41, 5.74) is 3.81. The van der Waals surface area contributed by atoms with E-state index in [2.05, 4.69) is 19.9 Å². The molecule has 0 saturated carbocycles. The standard InChI is InChI=1S/C24H29N5O2/c1-17-22(27-16-26-17)14-28-13-20(30)12-24(15-28)6-9-29(10-7-24)23(31)19-4-5-21-18(11-19)3-2-8-25-21/h2-5,8,11,16,20,30H,6-7,9-10,12-15H2,1H3,(H,26,27). The van der Waals surface area contributed by atoms with Crippen LogP contribution in [-0.4, -0.2) is 68.0 Å². The number of carbonyl (C=O) groups excluding carboxylic acids is 1. The summed E-state index contributed by atoms with van der Waals surface area (Å²) in [6, 6.07) is 9.61. The van der Waals surface area contributed by atoms with E-state index >= 15 is 0 Å². The van der Waals surface area contributed by atoms with E-state index in [0.29, 0.717) is 6.54 Å². The molecule has 31 heavy (non-hydrogen) atoms. The SMILES string of the molecule is Cc1[nH]cnc1CN1CC(O)CC2(CCN(C(=O)c3ccc4ncccc4c3)CC2)C1. The van der Waals surface area contributed by atoms with Gasteiger partial charge in [-0.25, -0.2) is 4.98 Å². The minimum atomic E-state index is -0.330. The van der Waals surface area contributed by atoms with Crippen LogP contribution in [0.2, 0.25) is 0 Å². The number of aliphatic hydroxyl groups excluding tert-OH is 1. The van der Waals surface area contributed by atoms with Crippen LogP contribution < -0.4 is 0 Å². The molecule has 1 atom stereocenters. The van der Waals surface area contributed by atoms with E-state index in [1.807, 2.05) is 42.2 Å². The van der Waals surface area contributed by atoms with E-state index in [4.69, 9.17) is 0 Å². The first-order valence-corrected chi connectivity index (χ1v) is 11.0. The number of aromatic amines is 1. The fourth-order valence-corrected chi connectivity index (χ4v) is 5.28. The highest BCUT2D eigenvalue weighted by Gasteiger charge is 2.42. The van der Waals surface area contributed by atoms with Crippen molar-refractivity contribution in [3.05, 3.63) is 59.8 Å². The number of carbonyl (C=O) groups is 1. The van der Waals surface area contributed by atoms with Crippen LogP contribution in [0.3, 0.4) is 0 Å². The number of pyridine rings is 1. The zero-order valence-corrected chi connectivity index (χ0v) is 17.9. The summed E-state index contributed by atoms with van der Waals surface area (Å²) in [5, 5.41) is 11.6. The predicted molar refractivity (Wildman–Crippen MR) is 119 cm³/mol. The molecule has 2 fully saturated rings. The number of fused-ring (bicyclic) bond motifs is 1. The van der Waals surface area contributed by atoms with Crippen molar-refractivity contribution < 1.29 is 9.90 Å². The fourth-order valence-electron chi connectivity index (χ4n) is 5.28. The van der Waals surface area contributed by atoms with Gasteiger partial charge in [-0.2, -0.15) is 0 Å². The van der Waals surface area contributed by atoms with E-state index in [0.717, 1.165) is 73.3 Å². The van der Waals surface area contributed by atoms with Crippen LogP contribution in [0.15, 0.2) is 42.9 Å². The number of nitrogens with zero attached hydrogens (tertiary/aromatic N) is 4. The lowest BCUT2D eigenvalue weighted by Crippen LogP contribution is -2.54. The number of β-amino-alcohol motifs (C(OH)–C–C–N with tert-alkyl or cyclic N) is 1. The summed E-state index contributed by atoms with van der Waals surface area (Å²) in [5.74, 6) is 0.0842. The second-order valence-corrected chi connectivity index (χ2v) is 9.20. The maximum atomic E-state index is 13.1. The van der Waals surface area contributed by atoms with Gasteiger partial charge in [0.25, 0.3) is 5.91 Å². The van der Waals surface area contributed by atoms with Crippen LogP contribution in [0.4, 0.5) is 0 Å². The quantitative estimate of drug-likeness (QED) is 0.682. The van der Waals surface area contributed by atoms with Crippen LogP contribution in [0.1, 0.15) is 41.0 Å². The normalized spacial score (nSPS) is 21.6. The van der Waals surface area contributed by atoms with Crippen LogP contribution in [-0.2, 0) is 6.54 Å². The molecule has 7 nitrogen and oxygen atoms in total. The highest BCUT2D eigenvalue weighted by molar-refractivity contribution is 5.98. The average molecular weight is 420 g/mol. The maximum Gasteiger partial charge on any atom is 0.253 e. The Hall–Kier alpha value is -2.77. The van der Waals surface area contributed by atoms with Gasteiger partial charge in [0.2, 0.25) is 0 Å². The van der Waals surface area contributed by atoms with Gasteiger partial charge in [0.15, 0.2) is 0 Å². The number of hydrogen-bond acceptors (Lipinski definition) is 5. The van der Waals surface area contributed by atoms with Crippen molar-refractivity contribution in [3.63, 3.8) is 0 Å². The van der Waals surface area contributed by atoms with Gasteiger partial charge >= 0.3 is 0 Å². The number of likely N-dealkylation sites (tertiary alicyclic amines) is 2. The molecule has 0 bridgehead atoms. The molecular weight excluding hydrogens is 390 g/mol. The fraction of sp³-hybridized carbons (Fsp3) is 0.458. The summed E-state index contributed by atoms with van der Waals surface area (Å²) in [6.07, 6.45) is 5.81. The Labute approximate surface area is 182 Å². The lowest BCUT2D eigenvalue weighted by Gasteiger charge is -2.49. The highest BCUT2D eigenvalue weighted by atomic mass is 16.3. The summed E-state index contributed by atoms with van der Waals surface area (Å²) in [6.45, 7) is 5.87. The Morgan fingerprint density at radius 1 is 1.26 bits per heavy atom. The molecular formula is C24H29N5O2. The molecule has 2 N–H and O–H groups in total. The van der Waals surface area contributed by atoms with Gasteiger partial charge in [-0.1, -0.05) is 6.07 Å². The molecule has 2 aromatic heterocycles. The Bertz CT molecular complexity index is 1090. The van der Waals surface area contributed by atoms with Gasteiger partial charge in [-0.3, -0.25) is 14.7 Å². The summed E-state index contributed by atoms with van der Waals surface area (Å²) < 4.78 is 0. The highest BCUT2D eigenvalue weighted by Crippen LogP contribution is 2.40. The van der Waals surface area contributed by atoms with Crippen molar-refractivity contribution in [2.24, 2.45) is 5.41 Å². The molecule has 2 aliphatic heterocycles. The number of hydrogen-bond donors (Lipinski definition) is 2. The van der Waals surface area contributed by atoms with E-state index in [9.17, 15) is 9.90 Å². The number of amides is 1. The van der Waals surface area contributed by atoms with Gasteiger partial charge in [0.05, 0.1) is 23.6 Å². The third kappa shape index (κ3) is 4.07. The lowest BCUT2D eigenvalue weighted by molar-refractivity contribution is -0.0407. The Morgan fingerprint density at radius 2 is 2.10 bits per heavy atom. The molecule has 1 spiro atoms. The second-order valence-electron chi connectivity index (χ2n) is 9.20. The zero-order chi connectivity index (χ0) is 21.4. The minimum Gasteiger partial charge on any atom is -0.392 e. The predicted octanol–water partition coefficient (Wildman–Crippen LogP) is 2.76. The molecule has 1 aromatic carbocycles. The third-order valence-corrected chi connectivity index (χ3v) is 6.97. The van der Waals surface area contributed by atoms with Crippen LogP contribution in [0, 0.1) is 12.3 Å². The number of aromatic nitrogens is 3. The van der Waals surface area contributed by atoms with Crippen molar-refractivity contribution in [3.8, 4) is 0 Å². The number of imidazole rings is 1.